The van der Waals surface area contributed by atoms with Crippen LogP contribution >= 0.6 is 12.4 Å². The molecule has 0 saturated carbocycles. The van der Waals surface area contributed by atoms with Crippen LogP contribution < -0.4 is 9.64 Å². The van der Waals surface area contributed by atoms with E-state index >= 15 is 0 Å². The van der Waals surface area contributed by atoms with Crippen molar-refractivity contribution in [2.45, 2.75) is 20.0 Å². The Hall–Kier alpha value is -1.75. The summed E-state index contributed by atoms with van der Waals surface area (Å²) in [5, 5.41) is 10.3. The second kappa shape index (κ2) is 9.81. The second-order valence-corrected chi connectivity index (χ2v) is 6.86. The predicted molar refractivity (Wildman–Crippen MR) is 110 cm³/mol. The maximum Gasteiger partial charge on any atom is 0.122 e. The predicted octanol–water partition coefficient (Wildman–Crippen LogP) is 3.29. The number of ether oxygens (including phenoxy) is 1. The Morgan fingerprint density at radius 2 is 1.69 bits per heavy atom. The maximum absolute atomic E-state index is 10.3. The van der Waals surface area contributed by atoms with Crippen molar-refractivity contribution in [3.63, 3.8) is 0 Å². The van der Waals surface area contributed by atoms with Crippen molar-refractivity contribution in [3.05, 3.63) is 59.7 Å². The molecule has 5 heteroatoms. The minimum atomic E-state index is -0.469. The Morgan fingerprint density at radius 1 is 1.00 bits per heavy atom. The summed E-state index contributed by atoms with van der Waals surface area (Å²) in [7, 11) is 0. The van der Waals surface area contributed by atoms with Crippen LogP contribution in [-0.4, -0.2) is 55.4 Å². The molecule has 0 bridgehead atoms. The largest absolute Gasteiger partial charge is 0.491 e. The number of aliphatic hydroxyl groups excluding tert-OH is 1. The van der Waals surface area contributed by atoms with Crippen LogP contribution in [0.5, 0.6) is 5.75 Å². The molecule has 0 aliphatic carbocycles. The number of rotatable bonds is 6. The van der Waals surface area contributed by atoms with Crippen LogP contribution in [0.2, 0.25) is 0 Å². The number of benzene rings is 2. The highest BCUT2D eigenvalue weighted by Gasteiger charge is 2.19. The molecular weight excluding hydrogens is 348 g/mol. The van der Waals surface area contributed by atoms with Crippen molar-refractivity contribution >= 4 is 18.1 Å². The lowest BCUT2D eigenvalue weighted by Crippen LogP contribution is -2.49. The third-order valence-electron chi connectivity index (χ3n) is 4.72. The second-order valence-electron chi connectivity index (χ2n) is 6.86. The Bertz CT molecular complexity index is 673. The van der Waals surface area contributed by atoms with Gasteiger partial charge in [0.25, 0.3) is 0 Å². The first-order valence-corrected chi connectivity index (χ1v) is 9.02. The van der Waals surface area contributed by atoms with Gasteiger partial charge in [-0.05, 0) is 37.6 Å². The third kappa shape index (κ3) is 5.63. The molecule has 3 rings (SSSR count). The fourth-order valence-electron chi connectivity index (χ4n) is 3.33. The van der Waals surface area contributed by atoms with E-state index in [0.717, 1.165) is 37.5 Å². The van der Waals surface area contributed by atoms with Crippen LogP contribution in [-0.2, 0) is 0 Å². The molecule has 1 saturated heterocycles. The SMILES string of the molecule is Cc1ccc(OCC(O)CN2CCN(c3ccccc3)CC2)c(C)c1.Cl. The lowest BCUT2D eigenvalue weighted by atomic mass is 10.1. The van der Waals surface area contributed by atoms with Gasteiger partial charge in [-0.15, -0.1) is 12.4 Å². The standard InChI is InChI=1S/C21H28N2O2.ClH/c1-17-8-9-21(18(2)14-17)25-16-20(24)15-22-10-12-23(13-11-22)19-6-4-3-5-7-19;/h3-9,14,20,24H,10-13,15-16H2,1-2H3;1H. The number of halogens is 1. The minimum absolute atomic E-state index is 0. The molecule has 2 aromatic carbocycles. The van der Waals surface area contributed by atoms with E-state index in [4.69, 9.17) is 4.74 Å². The van der Waals surface area contributed by atoms with Crippen molar-refractivity contribution in [2.24, 2.45) is 0 Å². The number of hydrogen-bond acceptors (Lipinski definition) is 4. The molecule has 142 valence electrons. The highest BCUT2D eigenvalue weighted by molar-refractivity contribution is 5.85. The number of β-amino-alcohol motifs (C(OH)–C–C–N with tert-alkyl or cyclic N) is 1. The summed E-state index contributed by atoms with van der Waals surface area (Å²) < 4.78 is 5.80. The fourth-order valence-corrected chi connectivity index (χ4v) is 3.33. The molecule has 1 heterocycles. The van der Waals surface area contributed by atoms with Crippen molar-refractivity contribution in [1.82, 2.24) is 4.90 Å². The Balaban J connectivity index is 0.00000243. The van der Waals surface area contributed by atoms with Gasteiger partial charge >= 0.3 is 0 Å². The zero-order chi connectivity index (χ0) is 17.6. The molecule has 1 aliphatic rings. The molecule has 1 unspecified atom stereocenters. The molecule has 1 aliphatic heterocycles. The van der Waals surface area contributed by atoms with Gasteiger partial charge in [-0.3, -0.25) is 4.90 Å². The minimum Gasteiger partial charge on any atom is -0.491 e. The van der Waals surface area contributed by atoms with Gasteiger partial charge in [-0.1, -0.05) is 35.9 Å². The van der Waals surface area contributed by atoms with E-state index in [1.807, 2.05) is 25.1 Å². The van der Waals surface area contributed by atoms with Gasteiger partial charge in [0.1, 0.15) is 18.5 Å². The third-order valence-corrected chi connectivity index (χ3v) is 4.72. The summed E-state index contributed by atoms with van der Waals surface area (Å²) in [5.41, 5.74) is 3.62. The number of aryl methyl sites for hydroxylation is 2. The van der Waals surface area contributed by atoms with Crippen molar-refractivity contribution in [1.29, 1.82) is 0 Å². The first-order chi connectivity index (χ1) is 12.1. The number of hydrogen-bond donors (Lipinski definition) is 1. The lowest BCUT2D eigenvalue weighted by Gasteiger charge is -2.36. The summed E-state index contributed by atoms with van der Waals surface area (Å²) in [4.78, 5) is 4.71. The molecule has 1 atom stereocenters. The molecule has 0 amide bonds. The van der Waals surface area contributed by atoms with Gasteiger partial charge in [0, 0.05) is 38.4 Å². The van der Waals surface area contributed by atoms with E-state index in [2.05, 4.69) is 47.1 Å². The average Bonchev–Trinajstić information content (AvgIpc) is 2.62. The van der Waals surface area contributed by atoms with Crippen LogP contribution in [0, 0.1) is 13.8 Å². The molecule has 0 radical (unpaired) electrons. The van der Waals surface area contributed by atoms with Crippen LogP contribution in [0.1, 0.15) is 11.1 Å². The molecule has 26 heavy (non-hydrogen) atoms. The number of para-hydroxylation sites is 1. The van der Waals surface area contributed by atoms with Crippen molar-refractivity contribution < 1.29 is 9.84 Å². The van der Waals surface area contributed by atoms with Crippen LogP contribution in [0.4, 0.5) is 5.69 Å². The number of anilines is 1. The summed E-state index contributed by atoms with van der Waals surface area (Å²) in [6.45, 7) is 9.03. The number of nitrogens with zero attached hydrogens (tertiary/aromatic N) is 2. The fraction of sp³-hybridized carbons (Fsp3) is 0.429. The molecule has 4 nitrogen and oxygen atoms in total. The van der Waals surface area contributed by atoms with Gasteiger partial charge < -0.3 is 14.7 Å². The Morgan fingerprint density at radius 3 is 2.35 bits per heavy atom. The highest BCUT2D eigenvalue weighted by atomic mass is 35.5. The summed E-state index contributed by atoms with van der Waals surface area (Å²) in [6, 6.07) is 16.6. The van der Waals surface area contributed by atoms with E-state index in [1.165, 1.54) is 11.3 Å². The molecule has 2 aromatic rings. The Kier molecular flexibility index (Phi) is 7.76. The molecular formula is C21H29ClN2O2. The van der Waals surface area contributed by atoms with Crippen molar-refractivity contribution in [3.8, 4) is 5.75 Å². The first kappa shape index (κ1) is 20.6. The average molecular weight is 377 g/mol. The summed E-state index contributed by atoms with van der Waals surface area (Å²) >= 11 is 0. The topological polar surface area (TPSA) is 35.9 Å². The lowest BCUT2D eigenvalue weighted by molar-refractivity contribution is 0.0661. The highest BCUT2D eigenvalue weighted by Crippen LogP contribution is 2.19. The maximum atomic E-state index is 10.3. The van der Waals surface area contributed by atoms with E-state index in [0.29, 0.717) is 13.2 Å². The zero-order valence-electron chi connectivity index (χ0n) is 15.6. The van der Waals surface area contributed by atoms with Crippen LogP contribution in [0.15, 0.2) is 48.5 Å². The van der Waals surface area contributed by atoms with Gasteiger partial charge in [0.05, 0.1) is 0 Å². The molecule has 0 aromatic heterocycles. The first-order valence-electron chi connectivity index (χ1n) is 9.02. The van der Waals surface area contributed by atoms with Gasteiger partial charge in [-0.2, -0.15) is 0 Å². The number of aliphatic hydroxyl groups is 1. The van der Waals surface area contributed by atoms with E-state index in [9.17, 15) is 5.11 Å². The van der Waals surface area contributed by atoms with Gasteiger partial charge in [0.15, 0.2) is 0 Å². The zero-order valence-corrected chi connectivity index (χ0v) is 16.4. The van der Waals surface area contributed by atoms with Gasteiger partial charge in [-0.25, -0.2) is 0 Å². The monoisotopic (exact) mass is 376 g/mol. The summed E-state index contributed by atoms with van der Waals surface area (Å²) in [6.07, 6.45) is -0.469. The molecule has 1 N–H and O–H groups in total. The Labute approximate surface area is 162 Å². The van der Waals surface area contributed by atoms with E-state index in [1.54, 1.807) is 0 Å². The van der Waals surface area contributed by atoms with Crippen molar-refractivity contribution in [2.75, 3.05) is 44.2 Å². The normalized spacial score (nSPS) is 16.0. The molecule has 1 fully saturated rings. The van der Waals surface area contributed by atoms with Gasteiger partial charge in [0.2, 0.25) is 0 Å². The van der Waals surface area contributed by atoms with E-state index < -0.39 is 6.10 Å². The summed E-state index contributed by atoms with van der Waals surface area (Å²) in [5.74, 6) is 0.860. The molecule has 0 spiro atoms. The smallest absolute Gasteiger partial charge is 0.122 e. The van der Waals surface area contributed by atoms with Crippen LogP contribution in [0.25, 0.3) is 0 Å². The van der Waals surface area contributed by atoms with Crippen LogP contribution in [0.3, 0.4) is 0 Å². The quantitative estimate of drug-likeness (QED) is 0.839. The number of piperazine rings is 1. The van der Waals surface area contributed by atoms with E-state index in [-0.39, 0.29) is 12.4 Å².